The molecule has 1 aliphatic heterocycles. The van der Waals surface area contributed by atoms with Crippen LogP contribution in [0.4, 0.5) is 11.4 Å². The molecule has 2 rings (SSSR count). The molecule has 0 unspecified atom stereocenters. The number of nitrogens with zero attached hydrogens (tertiary/aromatic N) is 2. The minimum atomic E-state index is -0.214. The zero-order chi connectivity index (χ0) is 13.9. The van der Waals surface area contributed by atoms with Gasteiger partial charge < -0.3 is 10.6 Å². The molecular weight excluding hydrogens is 234 g/mol. The molecule has 0 spiro atoms. The predicted molar refractivity (Wildman–Crippen MR) is 80.0 cm³/mol. The van der Waals surface area contributed by atoms with Gasteiger partial charge in [0.25, 0.3) is 0 Å². The van der Waals surface area contributed by atoms with Crippen molar-refractivity contribution < 1.29 is 0 Å². The number of anilines is 2. The van der Waals surface area contributed by atoms with Crippen molar-refractivity contribution in [2.45, 2.75) is 39.5 Å². The lowest BCUT2D eigenvalue weighted by Gasteiger charge is -2.32. The first kappa shape index (κ1) is 13.7. The second kappa shape index (κ2) is 5.52. The summed E-state index contributed by atoms with van der Waals surface area (Å²) in [7, 11) is 0. The molecule has 102 valence electrons. The second-order valence-corrected chi connectivity index (χ2v) is 6.08. The van der Waals surface area contributed by atoms with Crippen molar-refractivity contribution in [3.8, 4) is 6.07 Å². The Morgan fingerprint density at radius 3 is 2.95 bits per heavy atom. The molecule has 1 heterocycles. The summed E-state index contributed by atoms with van der Waals surface area (Å²) >= 11 is 0. The fourth-order valence-electron chi connectivity index (χ4n) is 2.67. The number of hydrogen-bond donors (Lipinski definition) is 1. The molecule has 3 heteroatoms. The van der Waals surface area contributed by atoms with Gasteiger partial charge in [0.2, 0.25) is 0 Å². The number of nitriles is 1. The zero-order valence-corrected chi connectivity index (χ0v) is 11.9. The van der Waals surface area contributed by atoms with E-state index >= 15 is 0 Å². The van der Waals surface area contributed by atoms with Gasteiger partial charge in [0, 0.05) is 24.5 Å². The molecule has 0 amide bonds. The molecule has 0 fully saturated rings. The number of fused-ring (bicyclic) bond motifs is 1. The molecule has 1 aromatic carbocycles. The molecule has 19 heavy (non-hydrogen) atoms. The second-order valence-electron chi connectivity index (χ2n) is 6.08. The summed E-state index contributed by atoms with van der Waals surface area (Å²) < 4.78 is 0. The lowest BCUT2D eigenvalue weighted by molar-refractivity contribution is 0.433. The highest BCUT2D eigenvalue weighted by Crippen LogP contribution is 2.30. The molecule has 1 aliphatic rings. The SMILES string of the molecule is CC(C)(C#N)CCCN1CCCc2ccc(N)cc21. The summed E-state index contributed by atoms with van der Waals surface area (Å²) in [6, 6.07) is 8.59. The van der Waals surface area contributed by atoms with E-state index in [2.05, 4.69) is 23.1 Å². The van der Waals surface area contributed by atoms with Crippen LogP contribution < -0.4 is 10.6 Å². The van der Waals surface area contributed by atoms with Gasteiger partial charge in [0.15, 0.2) is 0 Å². The van der Waals surface area contributed by atoms with Gasteiger partial charge in [0.05, 0.1) is 11.5 Å². The van der Waals surface area contributed by atoms with Crippen LogP contribution in [-0.4, -0.2) is 13.1 Å². The molecule has 2 N–H and O–H groups in total. The van der Waals surface area contributed by atoms with E-state index in [-0.39, 0.29) is 5.41 Å². The third-order valence-electron chi connectivity index (χ3n) is 3.86. The molecule has 3 nitrogen and oxygen atoms in total. The number of aryl methyl sites for hydroxylation is 1. The van der Waals surface area contributed by atoms with Gasteiger partial charge in [-0.05, 0) is 57.2 Å². The van der Waals surface area contributed by atoms with Crippen LogP contribution in [0.15, 0.2) is 18.2 Å². The Kier molecular flexibility index (Phi) is 3.99. The Balaban J connectivity index is 2.00. The maximum atomic E-state index is 9.05. The molecule has 1 aromatic rings. The Morgan fingerprint density at radius 1 is 1.42 bits per heavy atom. The van der Waals surface area contributed by atoms with Gasteiger partial charge in [-0.2, -0.15) is 5.26 Å². The average molecular weight is 257 g/mol. The summed E-state index contributed by atoms with van der Waals surface area (Å²) in [5.74, 6) is 0. The van der Waals surface area contributed by atoms with Crippen LogP contribution in [0.3, 0.4) is 0 Å². The number of benzene rings is 1. The van der Waals surface area contributed by atoms with Gasteiger partial charge in [-0.3, -0.25) is 0 Å². The van der Waals surface area contributed by atoms with E-state index in [0.29, 0.717) is 0 Å². The van der Waals surface area contributed by atoms with Crippen LogP contribution in [0.25, 0.3) is 0 Å². The summed E-state index contributed by atoms with van der Waals surface area (Å²) in [5.41, 5.74) is 9.21. The van der Waals surface area contributed by atoms with Gasteiger partial charge in [-0.15, -0.1) is 0 Å². The minimum Gasteiger partial charge on any atom is -0.399 e. The third-order valence-corrected chi connectivity index (χ3v) is 3.86. The molecular formula is C16H23N3. The predicted octanol–water partition coefficient (Wildman–Crippen LogP) is 3.35. The van der Waals surface area contributed by atoms with Crippen LogP contribution in [0.5, 0.6) is 0 Å². The van der Waals surface area contributed by atoms with Crippen LogP contribution in [-0.2, 0) is 6.42 Å². The topological polar surface area (TPSA) is 53.0 Å². The van der Waals surface area contributed by atoms with E-state index in [1.165, 1.54) is 17.7 Å². The van der Waals surface area contributed by atoms with Crippen LogP contribution in [0.2, 0.25) is 0 Å². The molecule has 0 aromatic heterocycles. The molecule has 0 aliphatic carbocycles. The average Bonchev–Trinajstić information content (AvgIpc) is 2.39. The van der Waals surface area contributed by atoms with E-state index in [1.54, 1.807) is 0 Å². The van der Waals surface area contributed by atoms with Crippen molar-refractivity contribution in [3.63, 3.8) is 0 Å². The van der Waals surface area contributed by atoms with E-state index in [0.717, 1.165) is 38.0 Å². The van der Waals surface area contributed by atoms with Crippen LogP contribution in [0.1, 0.15) is 38.7 Å². The van der Waals surface area contributed by atoms with Crippen LogP contribution in [0, 0.1) is 16.7 Å². The lowest BCUT2D eigenvalue weighted by Crippen LogP contribution is -2.31. The van der Waals surface area contributed by atoms with Gasteiger partial charge in [-0.25, -0.2) is 0 Å². The largest absolute Gasteiger partial charge is 0.399 e. The van der Waals surface area contributed by atoms with E-state index < -0.39 is 0 Å². The number of nitrogen functional groups attached to an aromatic ring is 1. The summed E-state index contributed by atoms with van der Waals surface area (Å²) in [4.78, 5) is 2.42. The molecule has 0 saturated heterocycles. The maximum Gasteiger partial charge on any atom is 0.0683 e. The third kappa shape index (κ3) is 3.41. The Labute approximate surface area is 116 Å². The van der Waals surface area contributed by atoms with Crippen molar-refractivity contribution in [2.75, 3.05) is 23.7 Å². The molecule has 0 atom stereocenters. The standard InChI is InChI=1S/C16H23N3/c1-16(2,12-17)8-4-10-19-9-3-5-13-6-7-14(18)11-15(13)19/h6-7,11H,3-5,8-10,18H2,1-2H3. The molecule has 0 bridgehead atoms. The lowest BCUT2D eigenvalue weighted by atomic mass is 9.89. The first-order valence-electron chi connectivity index (χ1n) is 7.06. The minimum absolute atomic E-state index is 0.214. The fourth-order valence-corrected chi connectivity index (χ4v) is 2.67. The maximum absolute atomic E-state index is 9.05. The highest BCUT2D eigenvalue weighted by Gasteiger charge is 2.19. The summed E-state index contributed by atoms with van der Waals surface area (Å²) in [5, 5.41) is 9.05. The van der Waals surface area contributed by atoms with Gasteiger partial charge >= 0.3 is 0 Å². The van der Waals surface area contributed by atoms with Crippen molar-refractivity contribution >= 4 is 11.4 Å². The fraction of sp³-hybridized carbons (Fsp3) is 0.562. The summed E-state index contributed by atoms with van der Waals surface area (Å²) in [6.07, 6.45) is 4.35. The van der Waals surface area contributed by atoms with E-state index in [4.69, 9.17) is 11.0 Å². The van der Waals surface area contributed by atoms with E-state index in [9.17, 15) is 0 Å². The van der Waals surface area contributed by atoms with Crippen molar-refractivity contribution in [3.05, 3.63) is 23.8 Å². The van der Waals surface area contributed by atoms with Crippen LogP contribution >= 0.6 is 0 Å². The molecule has 0 radical (unpaired) electrons. The number of nitrogens with two attached hydrogens (primary N) is 1. The first-order valence-corrected chi connectivity index (χ1v) is 7.06. The zero-order valence-electron chi connectivity index (χ0n) is 11.9. The summed E-state index contributed by atoms with van der Waals surface area (Å²) in [6.45, 7) is 6.13. The van der Waals surface area contributed by atoms with E-state index in [1.807, 2.05) is 19.9 Å². The van der Waals surface area contributed by atoms with Crippen molar-refractivity contribution in [1.29, 1.82) is 5.26 Å². The first-order chi connectivity index (χ1) is 9.02. The van der Waals surface area contributed by atoms with Gasteiger partial charge in [0.1, 0.15) is 0 Å². The highest BCUT2D eigenvalue weighted by molar-refractivity contribution is 5.62. The highest BCUT2D eigenvalue weighted by atomic mass is 15.1. The van der Waals surface area contributed by atoms with Crippen molar-refractivity contribution in [1.82, 2.24) is 0 Å². The Morgan fingerprint density at radius 2 is 2.21 bits per heavy atom. The van der Waals surface area contributed by atoms with Gasteiger partial charge in [-0.1, -0.05) is 6.07 Å². The Bertz CT molecular complexity index is 485. The molecule has 0 saturated carbocycles. The van der Waals surface area contributed by atoms with Crippen molar-refractivity contribution in [2.24, 2.45) is 5.41 Å². The number of rotatable bonds is 4. The quantitative estimate of drug-likeness (QED) is 0.842. The smallest absolute Gasteiger partial charge is 0.0683 e. The Hall–Kier alpha value is -1.69. The monoisotopic (exact) mass is 257 g/mol. The normalized spacial score (nSPS) is 14.9. The number of hydrogen-bond acceptors (Lipinski definition) is 3.